The van der Waals surface area contributed by atoms with Gasteiger partial charge in [-0.15, -0.1) is 0 Å². The second-order valence-corrected chi connectivity index (χ2v) is 5.26. The van der Waals surface area contributed by atoms with Gasteiger partial charge in [0.2, 0.25) is 0 Å². The van der Waals surface area contributed by atoms with Crippen molar-refractivity contribution >= 4 is 5.97 Å². The minimum absolute atomic E-state index is 0.0258. The first-order valence-electron chi connectivity index (χ1n) is 6.56. The first kappa shape index (κ1) is 14.2. The van der Waals surface area contributed by atoms with Gasteiger partial charge in [0.05, 0.1) is 11.9 Å². The number of hydrogen-bond acceptors (Lipinski definition) is 4. The zero-order chi connectivity index (χ0) is 14.9. The molecule has 0 saturated carbocycles. The molecule has 0 bridgehead atoms. The highest BCUT2D eigenvalue weighted by Gasteiger charge is 2.18. The fourth-order valence-electron chi connectivity index (χ4n) is 1.77. The van der Waals surface area contributed by atoms with Crippen LogP contribution in [0.3, 0.4) is 0 Å². The van der Waals surface area contributed by atoms with Gasteiger partial charge in [-0.05, 0) is 12.0 Å². The second-order valence-electron chi connectivity index (χ2n) is 5.26. The Morgan fingerprint density at radius 1 is 1.25 bits per heavy atom. The molecule has 2 heterocycles. The van der Waals surface area contributed by atoms with Crippen LogP contribution in [0.4, 0.5) is 0 Å². The molecular formula is C14H18N4O2. The van der Waals surface area contributed by atoms with Crippen LogP contribution in [0.15, 0.2) is 18.5 Å². The van der Waals surface area contributed by atoms with E-state index in [2.05, 4.69) is 15.1 Å². The minimum atomic E-state index is -1.08. The van der Waals surface area contributed by atoms with Crippen LogP contribution in [0.1, 0.15) is 61.5 Å². The van der Waals surface area contributed by atoms with Gasteiger partial charge in [0.1, 0.15) is 11.5 Å². The van der Waals surface area contributed by atoms with E-state index in [1.165, 1.54) is 10.9 Å². The van der Waals surface area contributed by atoms with Crippen molar-refractivity contribution in [2.24, 2.45) is 0 Å². The van der Waals surface area contributed by atoms with Gasteiger partial charge < -0.3 is 5.11 Å². The molecule has 0 saturated heterocycles. The lowest BCUT2D eigenvalue weighted by Gasteiger charge is -2.09. The first-order chi connectivity index (χ1) is 9.40. The maximum Gasteiger partial charge on any atom is 0.356 e. The third-order valence-corrected chi connectivity index (χ3v) is 2.96. The van der Waals surface area contributed by atoms with Crippen molar-refractivity contribution in [1.29, 1.82) is 0 Å². The Kier molecular flexibility index (Phi) is 3.83. The van der Waals surface area contributed by atoms with Crippen molar-refractivity contribution < 1.29 is 9.90 Å². The Hall–Kier alpha value is -2.24. The highest BCUT2D eigenvalue weighted by molar-refractivity contribution is 5.89. The Bertz CT molecular complexity index is 632. The second kappa shape index (κ2) is 5.40. The van der Waals surface area contributed by atoms with E-state index in [4.69, 9.17) is 0 Å². The molecule has 0 fully saturated rings. The summed E-state index contributed by atoms with van der Waals surface area (Å²) in [4.78, 5) is 19.7. The molecule has 0 atom stereocenters. The van der Waals surface area contributed by atoms with Crippen LogP contribution < -0.4 is 0 Å². The minimum Gasteiger partial charge on any atom is -0.476 e. The molecule has 0 amide bonds. The van der Waals surface area contributed by atoms with Gasteiger partial charge in [-0.3, -0.25) is 0 Å². The van der Waals surface area contributed by atoms with Crippen molar-refractivity contribution in [3.63, 3.8) is 0 Å². The van der Waals surface area contributed by atoms with Gasteiger partial charge in [-0.2, -0.15) is 5.10 Å². The summed E-state index contributed by atoms with van der Waals surface area (Å²) in [5, 5.41) is 13.7. The number of hydrogen-bond donors (Lipinski definition) is 1. The lowest BCUT2D eigenvalue weighted by molar-refractivity contribution is 0.0689. The van der Waals surface area contributed by atoms with E-state index in [0.29, 0.717) is 11.5 Å². The summed E-state index contributed by atoms with van der Waals surface area (Å²) in [5.41, 5.74) is 1.25. The lowest BCUT2D eigenvalue weighted by atomic mass is 10.1. The van der Waals surface area contributed by atoms with E-state index < -0.39 is 5.97 Å². The fraction of sp³-hybridized carbons (Fsp3) is 0.429. The van der Waals surface area contributed by atoms with Crippen molar-refractivity contribution in [2.75, 3.05) is 0 Å². The smallest absolute Gasteiger partial charge is 0.356 e. The van der Waals surface area contributed by atoms with Gasteiger partial charge in [0.15, 0.2) is 5.69 Å². The molecule has 6 heteroatoms. The molecule has 2 aromatic heterocycles. The fourth-order valence-corrected chi connectivity index (χ4v) is 1.77. The third kappa shape index (κ3) is 2.68. The summed E-state index contributed by atoms with van der Waals surface area (Å²) in [6.07, 6.45) is 3.25. The van der Waals surface area contributed by atoms with Crippen LogP contribution in [0.5, 0.6) is 0 Å². The van der Waals surface area contributed by atoms with Crippen molar-refractivity contribution in [3.05, 3.63) is 35.7 Å². The van der Waals surface area contributed by atoms with Gasteiger partial charge in [0, 0.05) is 12.1 Å². The first-order valence-corrected chi connectivity index (χ1v) is 6.56. The molecule has 2 rings (SSSR count). The molecule has 6 nitrogen and oxygen atoms in total. The molecule has 0 radical (unpaired) electrons. The van der Waals surface area contributed by atoms with E-state index >= 15 is 0 Å². The molecule has 0 aromatic carbocycles. The van der Waals surface area contributed by atoms with E-state index in [9.17, 15) is 9.90 Å². The summed E-state index contributed by atoms with van der Waals surface area (Å²) < 4.78 is 1.52. The number of carboxylic acid groups (broad SMARTS) is 1. The predicted molar refractivity (Wildman–Crippen MR) is 74.3 cm³/mol. The normalized spacial score (nSPS) is 11.3. The average molecular weight is 274 g/mol. The van der Waals surface area contributed by atoms with E-state index in [0.717, 1.165) is 5.69 Å². The van der Waals surface area contributed by atoms with Crippen LogP contribution in [-0.4, -0.2) is 30.8 Å². The van der Waals surface area contributed by atoms with Crippen molar-refractivity contribution in [1.82, 2.24) is 19.7 Å². The monoisotopic (exact) mass is 274 g/mol. The predicted octanol–water partition coefficient (Wildman–Crippen LogP) is 2.61. The number of rotatable bonds is 4. The van der Waals surface area contributed by atoms with E-state index in [-0.39, 0.29) is 17.5 Å². The molecular weight excluding hydrogens is 256 g/mol. The van der Waals surface area contributed by atoms with Crippen LogP contribution >= 0.6 is 0 Å². The van der Waals surface area contributed by atoms with E-state index in [1.54, 1.807) is 6.20 Å². The average Bonchev–Trinajstić information content (AvgIpc) is 2.87. The zero-order valence-electron chi connectivity index (χ0n) is 12.0. The number of aromatic carboxylic acids is 1. The molecule has 1 N–H and O–H groups in total. The lowest BCUT2D eigenvalue weighted by Crippen LogP contribution is -2.13. The highest BCUT2D eigenvalue weighted by Crippen LogP contribution is 2.18. The van der Waals surface area contributed by atoms with Crippen molar-refractivity contribution in [3.8, 4) is 5.69 Å². The Balaban J connectivity index is 2.52. The largest absolute Gasteiger partial charge is 0.476 e. The quantitative estimate of drug-likeness (QED) is 0.926. The van der Waals surface area contributed by atoms with Gasteiger partial charge >= 0.3 is 5.97 Å². The molecule has 0 aliphatic carbocycles. The zero-order valence-corrected chi connectivity index (χ0v) is 12.0. The van der Waals surface area contributed by atoms with Gasteiger partial charge in [0.25, 0.3) is 0 Å². The molecule has 0 aliphatic heterocycles. The standard InChI is InChI=1S/C14H18N4O2/c1-8(2)10-5-6-18(17-10)11-7-15-13(9(3)4)16-12(11)14(19)20/h5-9H,1-4H3,(H,19,20). The van der Waals surface area contributed by atoms with Crippen LogP contribution in [0.25, 0.3) is 5.69 Å². The SMILES string of the molecule is CC(C)c1ccn(-c2cnc(C(C)C)nc2C(=O)O)n1. The molecule has 2 aromatic rings. The summed E-state index contributed by atoms with van der Waals surface area (Å²) in [6.45, 7) is 7.91. The molecule has 0 aliphatic rings. The highest BCUT2D eigenvalue weighted by atomic mass is 16.4. The van der Waals surface area contributed by atoms with Crippen LogP contribution in [0.2, 0.25) is 0 Å². The van der Waals surface area contributed by atoms with Crippen LogP contribution in [-0.2, 0) is 0 Å². The molecule has 106 valence electrons. The molecule has 20 heavy (non-hydrogen) atoms. The summed E-state index contributed by atoms with van der Waals surface area (Å²) in [7, 11) is 0. The Labute approximate surface area is 117 Å². The summed E-state index contributed by atoms with van der Waals surface area (Å²) in [5.74, 6) is -0.209. The molecule has 0 spiro atoms. The third-order valence-electron chi connectivity index (χ3n) is 2.96. The Morgan fingerprint density at radius 2 is 1.95 bits per heavy atom. The van der Waals surface area contributed by atoms with Gasteiger partial charge in [-0.25, -0.2) is 19.4 Å². The maximum atomic E-state index is 11.4. The number of carboxylic acids is 1. The number of carbonyl (C=O) groups is 1. The Morgan fingerprint density at radius 3 is 2.45 bits per heavy atom. The number of aromatic nitrogens is 4. The topological polar surface area (TPSA) is 80.9 Å². The van der Waals surface area contributed by atoms with Gasteiger partial charge in [-0.1, -0.05) is 27.7 Å². The number of nitrogens with zero attached hydrogens (tertiary/aromatic N) is 4. The van der Waals surface area contributed by atoms with E-state index in [1.807, 2.05) is 33.8 Å². The van der Waals surface area contributed by atoms with Crippen molar-refractivity contribution in [2.45, 2.75) is 39.5 Å². The summed E-state index contributed by atoms with van der Waals surface area (Å²) in [6, 6.07) is 1.87. The summed E-state index contributed by atoms with van der Waals surface area (Å²) >= 11 is 0. The van der Waals surface area contributed by atoms with Crippen LogP contribution in [0, 0.1) is 0 Å². The molecule has 0 unspecified atom stereocenters. The maximum absolute atomic E-state index is 11.4.